The van der Waals surface area contributed by atoms with Crippen molar-refractivity contribution in [2.75, 3.05) is 32.2 Å². The van der Waals surface area contributed by atoms with Gasteiger partial charge in [0.25, 0.3) is 6.43 Å². The van der Waals surface area contributed by atoms with Crippen molar-refractivity contribution >= 4 is 5.95 Å². The normalized spacial score (nSPS) is 10.5. The van der Waals surface area contributed by atoms with Gasteiger partial charge in [-0.1, -0.05) is 0 Å². The first-order chi connectivity index (χ1) is 7.72. The number of halogens is 2. The van der Waals surface area contributed by atoms with Crippen molar-refractivity contribution in [3.05, 3.63) is 12.4 Å². The van der Waals surface area contributed by atoms with Gasteiger partial charge in [-0.25, -0.2) is 18.7 Å². The SMILES string of the molecule is COc1cnc(NCCOCC(F)F)nc1. The third kappa shape index (κ3) is 4.83. The molecule has 0 radical (unpaired) electrons. The van der Waals surface area contributed by atoms with E-state index in [0.29, 0.717) is 18.2 Å². The number of ether oxygens (including phenoxy) is 2. The van der Waals surface area contributed by atoms with E-state index in [1.54, 1.807) is 0 Å². The zero-order valence-electron chi connectivity index (χ0n) is 8.82. The summed E-state index contributed by atoms with van der Waals surface area (Å²) in [7, 11) is 1.52. The molecule has 0 saturated heterocycles. The fraction of sp³-hybridized carbons (Fsp3) is 0.556. The number of hydrogen-bond acceptors (Lipinski definition) is 5. The Hall–Kier alpha value is -1.50. The molecule has 1 heterocycles. The molecule has 0 aliphatic carbocycles. The largest absolute Gasteiger partial charge is 0.494 e. The molecule has 0 spiro atoms. The summed E-state index contributed by atoms with van der Waals surface area (Å²) in [5, 5.41) is 2.82. The van der Waals surface area contributed by atoms with Gasteiger partial charge in [-0.15, -0.1) is 0 Å². The minimum absolute atomic E-state index is 0.180. The summed E-state index contributed by atoms with van der Waals surface area (Å²) in [6, 6.07) is 0. The van der Waals surface area contributed by atoms with E-state index in [9.17, 15) is 8.78 Å². The van der Waals surface area contributed by atoms with E-state index < -0.39 is 13.0 Å². The highest BCUT2D eigenvalue weighted by Crippen LogP contribution is 2.06. The second-order valence-electron chi connectivity index (χ2n) is 2.84. The van der Waals surface area contributed by atoms with Gasteiger partial charge in [0, 0.05) is 6.54 Å². The number of rotatable bonds is 7. The quantitative estimate of drug-likeness (QED) is 0.717. The molecule has 1 aromatic heterocycles. The molecule has 90 valence electrons. The summed E-state index contributed by atoms with van der Waals surface area (Å²) >= 11 is 0. The van der Waals surface area contributed by atoms with Crippen LogP contribution in [0.3, 0.4) is 0 Å². The highest BCUT2D eigenvalue weighted by atomic mass is 19.3. The van der Waals surface area contributed by atoms with Gasteiger partial charge in [-0.2, -0.15) is 0 Å². The van der Waals surface area contributed by atoms with Crippen molar-refractivity contribution in [3.8, 4) is 5.75 Å². The standard InChI is InChI=1S/C9H13F2N3O2/c1-15-7-4-13-9(14-5-7)12-2-3-16-6-8(10)11/h4-5,8H,2-3,6H2,1H3,(H,12,13,14). The van der Waals surface area contributed by atoms with Gasteiger partial charge < -0.3 is 14.8 Å². The highest BCUT2D eigenvalue weighted by Gasteiger charge is 2.01. The van der Waals surface area contributed by atoms with Crippen molar-refractivity contribution in [2.45, 2.75) is 6.43 Å². The third-order valence-electron chi connectivity index (χ3n) is 1.64. The molecule has 0 saturated carbocycles. The molecule has 0 amide bonds. The minimum Gasteiger partial charge on any atom is -0.494 e. The number of aromatic nitrogens is 2. The molecule has 5 nitrogen and oxygen atoms in total. The van der Waals surface area contributed by atoms with E-state index in [0.717, 1.165) is 0 Å². The van der Waals surface area contributed by atoms with Gasteiger partial charge >= 0.3 is 0 Å². The van der Waals surface area contributed by atoms with Gasteiger partial charge in [0.1, 0.15) is 6.61 Å². The summed E-state index contributed by atoms with van der Waals surface area (Å²) in [6.45, 7) is 0.00390. The lowest BCUT2D eigenvalue weighted by Crippen LogP contribution is -2.14. The molecule has 1 N–H and O–H groups in total. The molecule has 1 rings (SSSR count). The Kier molecular flexibility index (Phi) is 5.41. The van der Waals surface area contributed by atoms with Crippen LogP contribution >= 0.6 is 0 Å². The number of nitrogens with zero attached hydrogens (tertiary/aromatic N) is 2. The topological polar surface area (TPSA) is 56.3 Å². The first-order valence-corrected chi connectivity index (χ1v) is 4.68. The summed E-state index contributed by atoms with van der Waals surface area (Å²) in [5.41, 5.74) is 0. The van der Waals surface area contributed by atoms with E-state index in [1.165, 1.54) is 19.5 Å². The minimum atomic E-state index is -2.43. The van der Waals surface area contributed by atoms with E-state index in [-0.39, 0.29) is 6.61 Å². The maximum Gasteiger partial charge on any atom is 0.261 e. The van der Waals surface area contributed by atoms with Gasteiger partial charge in [-0.3, -0.25) is 0 Å². The summed E-state index contributed by atoms with van der Waals surface area (Å²) in [4.78, 5) is 7.86. The molecule has 0 aliphatic rings. The Bertz CT molecular complexity index is 295. The number of alkyl halides is 2. The van der Waals surface area contributed by atoms with E-state index in [2.05, 4.69) is 20.0 Å². The molecular weight excluding hydrogens is 220 g/mol. The molecule has 0 aromatic carbocycles. The Balaban J connectivity index is 2.16. The van der Waals surface area contributed by atoms with Gasteiger partial charge in [-0.05, 0) is 0 Å². The van der Waals surface area contributed by atoms with E-state index in [4.69, 9.17) is 4.74 Å². The van der Waals surface area contributed by atoms with Crippen LogP contribution in [0.25, 0.3) is 0 Å². The maximum atomic E-state index is 11.7. The van der Waals surface area contributed by atoms with Gasteiger partial charge in [0.05, 0.1) is 26.1 Å². The average Bonchev–Trinajstić information content (AvgIpc) is 2.29. The Labute approximate surface area is 91.8 Å². The van der Waals surface area contributed by atoms with Crippen LogP contribution in [0.2, 0.25) is 0 Å². The van der Waals surface area contributed by atoms with Crippen LogP contribution in [0, 0.1) is 0 Å². The average molecular weight is 233 g/mol. The first-order valence-electron chi connectivity index (χ1n) is 4.68. The van der Waals surface area contributed by atoms with Crippen molar-refractivity contribution in [1.82, 2.24) is 9.97 Å². The molecule has 0 bridgehead atoms. The zero-order valence-corrected chi connectivity index (χ0v) is 8.82. The molecule has 1 aromatic rings. The maximum absolute atomic E-state index is 11.7. The van der Waals surface area contributed by atoms with Crippen molar-refractivity contribution in [3.63, 3.8) is 0 Å². The van der Waals surface area contributed by atoms with Crippen LogP contribution in [0.4, 0.5) is 14.7 Å². The van der Waals surface area contributed by atoms with Crippen LogP contribution in [-0.4, -0.2) is 43.3 Å². The molecule has 16 heavy (non-hydrogen) atoms. The second kappa shape index (κ2) is 6.89. The van der Waals surface area contributed by atoms with Crippen LogP contribution in [0.15, 0.2) is 12.4 Å². The smallest absolute Gasteiger partial charge is 0.261 e. The predicted octanol–water partition coefficient (Wildman–Crippen LogP) is 1.18. The summed E-state index contributed by atoms with van der Waals surface area (Å²) in [5.74, 6) is 0.959. The van der Waals surface area contributed by atoms with Crippen LogP contribution in [-0.2, 0) is 4.74 Å². The molecule has 0 unspecified atom stereocenters. The first kappa shape index (κ1) is 12.6. The number of nitrogens with one attached hydrogen (secondary N) is 1. The molecular formula is C9H13F2N3O2. The molecule has 7 heteroatoms. The number of methoxy groups -OCH3 is 1. The highest BCUT2D eigenvalue weighted by molar-refractivity contribution is 5.26. The third-order valence-corrected chi connectivity index (χ3v) is 1.64. The molecule has 0 fully saturated rings. The number of hydrogen-bond donors (Lipinski definition) is 1. The van der Waals surface area contributed by atoms with Gasteiger partial charge in [0.15, 0.2) is 5.75 Å². The monoisotopic (exact) mass is 233 g/mol. The lowest BCUT2D eigenvalue weighted by molar-refractivity contribution is 0.0214. The predicted molar refractivity (Wildman–Crippen MR) is 53.9 cm³/mol. The Morgan fingerprint density at radius 3 is 2.62 bits per heavy atom. The summed E-state index contributed by atoms with van der Waals surface area (Å²) < 4.78 is 32.9. The fourth-order valence-corrected chi connectivity index (χ4v) is 0.920. The van der Waals surface area contributed by atoms with Crippen molar-refractivity contribution < 1.29 is 18.3 Å². The molecule has 0 atom stereocenters. The Morgan fingerprint density at radius 2 is 2.06 bits per heavy atom. The van der Waals surface area contributed by atoms with Crippen LogP contribution < -0.4 is 10.1 Å². The molecule has 0 aliphatic heterocycles. The van der Waals surface area contributed by atoms with Gasteiger partial charge in [0.2, 0.25) is 5.95 Å². The van der Waals surface area contributed by atoms with Crippen molar-refractivity contribution in [2.24, 2.45) is 0 Å². The van der Waals surface area contributed by atoms with E-state index in [1.807, 2.05) is 0 Å². The van der Waals surface area contributed by atoms with Crippen LogP contribution in [0.5, 0.6) is 5.75 Å². The second-order valence-corrected chi connectivity index (χ2v) is 2.84. The van der Waals surface area contributed by atoms with E-state index >= 15 is 0 Å². The Morgan fingerprint density at radius 1 is 1.38 bits per heavy atom. The van der Waals surface area contributed by atoms with Crippen LogP contribution in [0.1, 0.15) is 0 Å². The van der Waals surface area contributed by atoms with Crippen molar-refractivity contribution in [1.29, 1.82) is 0 Å². The number of anilines is 1. The lowest BCUT2D eigenvalue weighted by Gasteiger charge is -2.05. The lowest BCUT2D eigenvalue weighted by atomic mass is 10.6. The zero-order chi connectivity index (χ0) is 11.8. The fourth-order valence-electron chi connectivity index (χ4n) is 0.920. The summed E-state index contributed by atoms with van der Waals surface area (Å²) in [6.07, 6.45) is 0.585.